The second-order valence-electron chi connectivity index (χ2n) is 2.75. The zero-order valence-electron chi connectivity index (χ0n) is 8.97. The maximum atomic E-state index is 11.5. The zero-order chi connectivity index (χ0) is 11.1. The SMILES string of the molecule is CCOC(=O)N(OCC)c1ccccc1. The molecule has 0 fully saturated rings. The minimum Gasteiger partial charge on any atom is -0.448 e. The van der Waals surface area contributed by atoms with E-state index in [4.69, 9.17) is 9.57 Å². The molecule has 0 saturated carbocycles. The molecule has 0 aliphatic rings. The van der Waals surface area contributed by atoms with E-state index in [0.29, 0.717) is 18.9 Å². The molecule has 0 heterocycles. The first-order valence-corrected chi connectivity index (χ1v) is 4.94. The van der Waals surface area contributed by atoms with E-state index in [1.165, 1.54) is 0 Å². The number of benzene rings is 1. The Morgan fingerprint density at radius 2 is 1.87 bits per heavy atom. The summed E-state index contributed by atoms with van der Waals surface area (Å²) in [6, 6.07) is 9.11. The predicted molar refractivity (Wildman–Crippen MR) is 57.6 cm³/mol. The highest BCUT2D eigenvalue weighted by atomic mass is 16.7. The summed E-state index contributed by atoms with van der Waals surface area (Å²) in [6.07, 6.45) is -0.495. The van der Waals surface area contributed by atoms with Gasteiger partial charge in [0.2, 0.25) is 0 Å². The van der Waals surface area contributed by atoms with Gasteiger partial charge in [-0.05, 0) is 26.0 Å². The molecule has 0 saturated heterocycles. The normalized spacial score (nSPS) is 9.73. The Hall–Kier alpha value is -1.55. The summed E-state index contributed by atoms with van der Waals surface area (Å²) < 4.78 is 4.87. The summed E-state index contributed by atoms with van der Waals surface area (Å²) >= 11 is 0. The lowest BCUT2D eigenvalue weighted by molar-refractivity contribution is 0.0835. The molecule has 4 nitrogen and oxygen atoms in total. The van der Waals surface area contributed by atoms with Crippen LogP contribution in [-0.4, -0.2) is 19.3 Å². The molecule has 82 valence electrons. The smallest absolute Gasteiger partial charge is 0.438 e. The number of hydrogen-bond donors (Lipinski definition) is 0. The molecule has 0 N–H and O–H groups in total. The van der Waals surface area contributed by atoms with Crippen LogP contribution in [0.2, 0.25) is 0 Å². The minimum atomic E-state index is -0.495. The van der Waals surface area contributed by atoms with E-state index in [1.54, 1.807) is 19.1 Å². The van der Waals surface area contributed by atoms with Crippen LogP contribution >= 0.6 is 0 Å². The van der Waals surface area contributed by atoms with Gasteiger partial charge in [0.15, 0.2) is 0 Å². The van der Waals surface area contributed by atoms with Crippen LogP contribution in [0.1, 0.15) is 13.8 Å². The van der Waals surface area contributed by atoms with Gasteiger partial charge in [0.1, 0.15) is 0 Å². The number of carbonyl (C=O) groups is 1. The van der Waals surface area contributed by atoms with Crippen LogP contribution < -0.4 is 5.06 Å². The molecule has 0 radical (unpaired) electrons. The van der Waals surface area contributed by atoms with Gasteiger partial charge in [-0.25, -0.2) is 4.79 Å². The molecular formula is C11H15NO3. The van der Waals surface area contributed by atoms with Crippen molar-refractivity contribution >= 4 is 11.8 Å². The predicted octanol–water partition coefficient (Wildman–Crippen LogP) is 2.60. The molecule has 15 heavy (non-hydrogen) atoms. The number of para-hydroxylation sites is 1. The molecule has 0 atom stereocenters. The monoisotopic (exact) mass is 209 g/mol. The minimum absolute atomic E-state index is 0.329. The molecule has 0 aliphatic heterocycles. The van der Waals surface area contributed by atoms with Gasteiger partial charge in [-0.15, -0.1) is 0 Å². The maximum absolute atomic E-state index is 11.5. The molecule has 0 spiro atoms. The van der Waals surface area contributed by atoms with E-state index < -0.39 is 6.09 Å². The van der Waals surface area contributed by atoms with Crippen molar-refractivity contribution in [3.8, 4) is 0 Å². The second-order valence-corrected chi connectivity index (χ2v) is 2.75. The Kier molecular flexibility index (Phi) is 4.63. The van der Waals surface area contributed by atoms with E-state index in [1.807, 2.05) is 25.1 Å². The molecule has 1 aromatic carbocycles. The standard InChI is InChI=1S/C11H15NO3/c1-3-14-11(13)12(15-4-2)10-8-6-5-7-9-10/h5-9H,3-4H2,1-2H3. The number of carbonyl (C=O) groups excluding carboxylic acids is 1. The maximum Gasteiger partial charge on any atom is 0.438 e. The highest BCUT2D eigenvalue weighted by Gasteiger charge is 2.16. The summed E-state index contributed by atoms with van der Waals surface area (Å²) in [5, 5.41) is 1.16. The first kappa shape index (κ1) is 11.5. The number of hydroxylamine groups is 1. The van der Waals surface area contributed by atoms with Crippen LogP contribution in [0.15, 0.2) is 30.3 Å². The zero-order valence-corrected chi connectivity index (χ0v) is 8.97. The van der Waals surface area contributed by atoms with Crippen molar-refractivity contribution in [3.05, 3.63) is 30.3 Å². The molecule has 1 aromatic rings. The first-order chi connectivity index (χ1) is 7.29. The van der Waals surface area contributed by atoms with Crippen molar-refractivity contribution in [2.24, 2.45) is 0 Å². The lowest BCUT2D eigenvalue weighted by Crippen LogP contribution is -2.31. The van der Waals surface area contributed by atoms with Crippen molar-refractivity contribution in [1.82, 2.24) is 0 Å². The van der Waals surface area contributed by atoms with E-state index in [0.717, 1.165) is 5.06 Å². The average molecular weight is 209 g/mol. The number of amides is 1. The Bertz CT molecular complexity index is 300. The molecule has 0 unspecified atom stereocenters. The second kappa shape index (κ2) is 6.03. The van der Waals surface area contributed by atoms with Crippen LogP contribution in [0.3, 0.4) is 0 Å². The third-order valence-corrected chi connectivity index (χ3v) is 1.68. The van der Waals surface area contributed by atoms with Crippen molar-refractivity contribution in [3.63, 3.8) is 0 Å². The van der Waals surface area contributed by atoms with Crippen LogP contribution in [0.4, 0.5) is 10.5 Å². The van der Waals surface area contributed by atoms with Gasteiger partial charge in [-0.3, -0.25) is 4.84 Å². The summed E-state index contributed by atoms with van der Waals surface area (Å²) in [5.74, 6) is 0. The highest BCUT2D eigenvalue weighted by molar-refractivity contribution is 5.85. The Morgan fingerprint density at radius 3 is 2.40 bits per heavy atom. The number of anilines is 1. The molecule has 1 rings (SSSR count). The van der Waals surface area contributed by atoms with Crippen molar-refractivity contribution in [2.75, 3.05) is 18.3 Å². The van der Waals surface area contributed by atoms with Crippen molar-refractivity contribution < 1.29 is 14.4 Å². The van der Waals surface area contributed by atoms with Crippen LogP contribution in [0.5, 0.6) is 0 Å². The fraction of sp³-hybridized carbons (Fsp3) is 0.364. The topological polar surface area (TPSA) is 38.8 Å². The number of ether oxygens (including phenoxy) is 1. The quantitative estimate of drug-likeness (QED) is 0.715. The number of nitrogens with zero attached hydrogens (tertiary/aromatic N) is 1. The van der Waals surface area contributed by atoms with Gasteiger partial charge in [-0.2, -0.15) is 5.06 Å². The van der Waals surface area contributed by atoms with E-state index in [9.17, 15) is 4.79 Å². The van der Waals surface area contributed by atoms with E-state index in [-0.39, 0.29) is 0 Å². The third-order valence-electron chi connectivity index (χ3n) is 1.68. The molecule has 1 amide bonds. The molecule has 4 heteroatoms. The summed E-state index contributed by atoms with van der Waals surface area (Å²) in [7, 11) is 0. The van der Waals surface area contributed by atoms with E-state index in [2.05, 4.69) is 0 Å². The molecule has 0 aliphatic carbocycles. The Labute approximate surface area is 89.4 Å². The average Bonchev–Trinajstić information content (AvgIpc) is 2.27. The summed E-state index contributed by atoms with van der Waals surface area (Å²) in [4.78, 5) is 16.7. The van der Waals surface area contributed by atoms with Crippen LogP contribution in [-0.2, 0) is 9.57 Å². The van der Waals surface area contributed by atoms with Gasteiger partial charge in [0.25, 0.3) is 0 Å². The Morgan fingerprint density at radius 1 is 1.20 bits per heavy atom. The van der Waals surface area contributed by atoms with Gasteiger partial charge < -0.3 is 4.74 Å². The van der Waals surface area contributed by atoms with Gasteiger partial charge in [-0.1, -0.05) is 18.2 Å². The molecule has 0 bridgehead atoms. The Balaban J connectivity index is 2.78. The van der Waals surface area contributed by atoms with Gasteiger partial charge >= 0.3 is 6.09 Å². The lowest BCUT2D eigenvalue weighted by atomic mass is 10.3. The lowest BCUT2D eigenvalue weighted by Gasteiger charge is -2.19. The van der Waals surface area contributed by atoms with Gasteiger partial charge in [0.05, 0.1) is 18.9 Å². The molecular weight excluding hydrogens is 194 g/mol. The van der Waals surface area contributed by atoms with Crippen molar-refractivity contribution in [2.45, 2.75) is 13.8 Å². The first-order valence-electron chi connectivity index (χ1n) is 4.94. The fourth-order valence-electron chi connectivity index (χ4n) is 1.11. The summed E-state index contributed by atoms with van der Waals surface area (Å²) in [6.45, 7) is 4.31. The fourth-order valence-corrected chi connectivity index (χ4v) is 1.11. The number of hydrogen-bond acceptors (Lipinski definition) is 3. The van der Waals surface area contributed by atoms with Crippen LogP contribution in [0.25, 0.3) is 0 Å². The van der Waals surface area contributed by atoms with Crippen molar-refractivity contribution in [1.29, 1.82) is 0 Å². The molecule has 0 aromatic heterocycles. The van der Waals surface area contributed by atoms with Gasteiger partial charge in [0, 0.05) is 0 Å². The largest absolute Gasteiger partial charge is 0.448 e. The van der Waals surface area contributed by atoms with Crippen LogP contribution in [0, 0.1) is 0 Å². The van der Waals surface area contributed by atoms with E-state index >= 15 is 0 Å². The summed E-state index contributed by atoms with van der Waals surface area (Å²) in [5.41, 5.74) is 0.665. The highest BCUT2D eigenvalue weighted by Crippen LogP contribution is 2.14. The third kappa shape index (κ3) is 3.25. The number of rotatable bonds is 4.